The molecule has 2 aromatic heterocycles. The van der Waals surface area contributed by atoms with E-state index in [4.69, 9.17) is 38.5 Å². The summed E-state index contributed by atoms with van der Waals surface area (Å²) in [4.78, 5) is 21.3. The number of nitro benzene ring substituents is 2. The number of fused-ring (bicyclic) bond motifs is 4. The third-order valence-corrected chi connectivity index (χ3v) is 14.2. The molecule has 22 heteroatoms. The molecule has 0 bridgehead atoms. The summed E-state index contributed by atoms with van der Waals surface area (Å²) < 4.78 is 36.8. The molecule has 66 heavy (non-hydrogen) atoms. The summed E-state index contributed by atoms with van der Waals surface area (Å²) >= 11 is 2.13. The second-order valence-corrected chi connectivity index (χ2v) is 29.9. The van der Waals surface area contributed by atoms with E-state index in [2.05, 4.69) is 72.1 Å². The van der Waals surface area contributed by atoms with Gasteiger partial charge in [-0.2, -0.15) is 10.2 Å². The van der Waals surface area contributed by atoms with Gasteiger partial charge in [0.15, 0.2) is 23.0 Å². The van der Waals surface area contributed by atoms with Crippen molar-refractivity contribution < 1.29 is 48.3 Å². The minimum Gasteiger partial charge on any atom is -0.454 e. The SMILES string of the molecule is C[Si](C)(C)CCOCn1nc(/C=C/c2ccc3c(c2)OCO3)c2ccc([N+](=O)[O-])cc21.C[Si](C)(C)CCOCn1nc(I)c2ccc([N+](=O)[O-])cc21.OB(O)/C=C/c1ccc2c(c1)OCO2. The zero-order valence-electron chi connectivity index (χ0n) is 37.5. The molecule has 0 saturated heterocycles. The van der Waals surface area contributed by atoms with Crippen molar-refractivity contribution in [3.8, 4) is 23.0 Å². The molecule has 0 atom stereocenters. The molecule has 8 rings (SSSR count). The molecule has 0 amide bonds. The van der Waals surface area contributed by atoms with E-state index in [-0.39, 0.29) is 31.7 Å². The highest BCUT2D eigenvalue weighted by molar-refractivity contribution is 14.1. The molecule has 2 aliphatic rings. The first kappa shape index (κ1) is 49.8. The van der Waals surface area contributed by atoms with E-state index in [1.807, 2.05) is 36.4 Å². The lowest BCUT2D eigenvalue weighted by molar-refractivity contribution is -0.384. The van der Waals surface area contributed by atoms with E-state index in [0.29, 0.717) is 42.7 Å². The Balaban J connectivity index is 0.000000177. The monoisotopic (exact) mass is 1050 g/mol. The van der Waals surface area contributed by atoms with Crippen LogP contribution in [0.4, 0.5) is 11.4 Å². The highest BCUT2D eigenvalue weighted by Gasteiger charge is 2.19. The van der Waals surface area contributed by atoms with Crippen molar-refractivity contribution in [3.63, 3.8) is 0 Å². The van der Waals surface area contributed by atoms with E-state index in [1.165, 1.54) is 18.1 Å². The number of nitrogens with zero attached hydrogens (tertiary/aromatic N) is 6. The highest BCUT2D eigenvalue weighted by atomic mass is 127. The van der Waals surface area contributed by atoms with Gasteiger partial charge in [-0.3, -0.25) is 20.2 Å². The van der Waals surface area contributed by atoms with Crippen LogP contribution < -0.4 is 18.9 Å². The first-order valence-electron chi connectivity index (χ1n) is 21.0. The maximum Gasteiger partial charge on any atom is 0.480 e. The fourth-order valence-corrected chi connectivity index (χ4v) is 8.55. The molecule has 4 aromatic carbocycles. The Hall–Kier alpha value is -5.63. The predicted molar refractivity (Wildman–Crippen MR) is 267 cm³/mol. The van der Waals surface area contributed by atoms with Crippen molar-refractivity contribution in [1.82, 2.24) is 19.6 Å². The van der Waals surface area contributed by atoms with E-state index < -0.39 is 33.1 Å². The molecule has 0 saturated carbocycles. The quantitative estimate of drug-likeness (QED) is 0.0303. The van der Waals surface area contributed by atoms with Crippen LogP contribution in [0.25, 0.3) is 40.0 Å². The Kier molecular flexibility index (Phi) is 16.8. The van der Waals surface area contributed by atoms with E-state index in [9.17, 15) is 20.2 Å². The van der Waals surface area contributed by atoms with Crippen molar-refractivity contribution in [2.45, 2.75) is 64.8 Å². The van der Waals surface area contributed by atoms with E-state index in [0.717, 1.165) is 54.6 Å². The van der Waals surface area contributed by atoms with Gasteiger partial charge >= 0.3 is 7.12 Å². The summed E-state index contributed by atoms with van der Waals surface area (Å²) in [6.07, 6.45) is 5.43. The smallest absolute Gasteiger partial charge is 0.454 e. The topological polar surface area (TPSA) is 218 Å². The summed E-state index contributed by atoms with van der Waals surface area (Å²) in [6.45, 7) is 16.2. The molecule has 348 valence electrons. The van der Waals surface area contributed by atoms with Gasteiger partial charge in [0, 0.05) is 64.4 Å². The number of aromatic nitrogens is 4. The summed E-state index contributed by atoms with van der Waals surface area (Å²) in [5, 5.41) is 50.2. The second-order valence-electron chi connectivity index (χ2n) is 17.6. The van der Waals surface area contributed by atoms with Gasteiger partial charge in [-0.15, -0.1) is 0 Å². The van der Waals surface area contributed by atoms with Gasteiger partial charge in [0.25, 0.3) is 11.4 Å². The zero-order valence-corrected chi connectivity index (χ0v) is 41.7. The van der Waals surface area contributed by atoms with Crippen LogP contribution in [0.1, 0.15) is 16.8 Å². The van der Waals surface area contributed by atoms with Crippen LogP contribution in [-0.2, 0) is 22.9 Å². The van der Waals surface area contributed by atoms with Crippen molar-refractivity contribution >= 4 is 97.3 Å². The lowest BCUT2D eigenvalue weighted by atomic mass is 9.91. The van der Waals surface area contributed by atoms with Gasteiger partial charge in [-0.05, 0) is 88.3 Å². The Morgan fingerprint density at radius 3 is 1.64 bits per heavy atom. The van der Waals surface area contributed by atoms with Crippen LogP contribution in [0.5, 0.6) is 23.0 Å². The summed E-state index contributed by atoms with van der Waals surface area (Å²) in [5.41, 5.74) is 4.01. The van der Waals surface area contributed by atoms with Crippen LogP contribution in [0.3, 0.4) is 0 Å². The van der Waals surface area contributed by atoms with Crippen molar-refractivity contribution in [1.29, 1.82) is 0 Å². The zero-order chi connectivity index (χ0) is 47.6. The van der Waals surface area contributed by atoms with Crippen molar-refractivity contribution in [3.05, 3.63) is 120 Å². The molecule has 4 heterocycles. The fourth-order valence-electron chi connectivity index (χ4n) is 6.32. The maximum atomic E-state index is 11.3. The number of ether oxygens (including phenoxy) is 6. The Labute approximate surface area is 397 Å². The first-order chi connectivity index (χ1) is 31.3. The molecule has 0 radical (unpaired) electrons. The number of benzene rings is 4. The average molecular weight is 1050 g/mol. The molecular weight excluding hydrogens is 998 g/mol. The van der Waals surface area contributed by atoms with Gasteiger partial charge in [0.1, 0.15) is 17.2 Å². The number of hydrogen-bond donors (Lipinski definition) is 2. The standard InChI is InChI=1S/C22H25N3O5Si.C13H18IN3O3Si.C9H9BO4/c1-31(2,3)11-10-28-14-24-20-13-17(25(26)27)6-7-18(20)19(23-24)8-4-16-5-9-21-22(12-16)30-15-29-21;1-21(2,3)7-6-20-9-16-12-8-10(17(18)19)4-5-11(12)13(14)15-16;11-10(12)4-3-7-1-2-8-9(5-7)14-6-13-8/h4-9,12-13H,10-11,14-15H2,1-3H3;4-5,8H,6-7,9H2,1-3H3;1-5,11-12H,6H2/b8-4+;;4-3+. The maximum absolute atomic E-state index is 11.3. The number of nitro groups is 2. The van der Waals surface area contributed by atoms with Crippen LogP contribution in [0, 0.1) is 23.9 Å². The molecule has 2 N–H and O–H groups in total. The van der Waals surface area contributed by atoms with Gasteiger partial charge in [0.05, 0.1) is 26.6 Å². The largest absolute Gasteiger partial charge is 0.480 e. The first-order valence-corrected chi connectivity index (χ1v) is 29.5. The third-order valence-electron chi connectivity index (χ3n) is 9.98. The molecule has 6 aromatic rings. The highest BCUT2D eigenvalue weighted by Crippen LogP contribution is 2.34. The number of rotatable bonds is 16. The second kappa shape index (κ2) is 22.2. The average Bonchev–Trinajstić information content (AvgIpc) is 4.07. The van der Waals surface area contributed by atoms with Gasteiger partial charge in [-0.1, -0.05) is 69.5 Å². The van der Waals surface area contributed by atoms with Crippen molar-refractivity contribution in [2.24, 2.45) is 0 Å². The molecule has 0 fully saturated rings. The van der Waals surface area contributed by atoms with Crippen LogP contribution in [-0.4, -0.2) is 89.5 Å². The Morgan fingerprint density at radius 1 is 0.667 bits per heavy atom. The summed E-state index contributed by atoms with van der Waals surface area (Å²) in [7, 11) is -3.74. The molecule has 0 spiro atoms. The molecule has 0 aliphatic carbocycles. The minimum atomic E-state index is -1.43. The molecule has 18 nitrogen and oxygen atoms in total. The van der Waals surface area contributed by atoms with Gasteiger partial charge < -0.3 is 38.5 Å². The normalized spacial score (nSPS) is 13.0. The number of non-ortho nitro benzene ring substituents is 2. The van der Waals surface area contributed by atoms with E-state index >= 15 is 0 Å². The molecular formula is C44H52BIN6O12Si2. The Bertz CT molecular complexity index is 2730. The van der Waals surface area contributed by atoms with E-state index in [1.54, 1.807) is 51.8 Å². The third kappa shape index (κ3) is 14.2. The number of halogens is 1. The van der Waals surface area contributed by atoms with Gasteiger partial charge in [0.2, 0.25) is 13.6 Å². The molecule has 0 unspecified atom stereocenters. The number of hydrogen-bond acceptors (Lipinski definition) is 14. The minimum absolute atomic E-state index is 0.0297. The fraction of sp³-hybridized carbons (Fsp3) is 0.318. The Morgan fingerprint density at radius 2 is 1.14 bits per heavy atom. The van der Waals surface area contributed by atoms with Crippen LogP contribution in [0.2, 0.25) is 51.4 Å². The van der Waals surface area contributed by atoms with Gasteiger partial charge in [-0.25, -0.2) is 9.36 Å². The lowest BCUT2D eigenvalue weighted by Crippen LogP contribution is -2.22. The predicted octanol–water partition coefficient (Wildman–Crippen LogP) is 9.46. The summed E-state index contributed by atoms with van der Waals surface area (Å²) in [6, 6.07) is 22.8. The van der Waals surface area contributed by atoms with Crippen LogP contribution in [0.15, 0.2) is 78.8 Å². The van der Waals surface area contributed by atoms with Crippen LogP contribution >= 0.6 is 22.6 Å². The van der Waals surface area contributed by atoms with Crippen molar-refractivity contribution in [2.75, 3.05) is 26.8 Å². The lowest BCUT2D eigenvalue weighted by Gasteiger charge is -2.15. The summed E-state index contributed by atoms with van der Waals surface area (Å²) in [5.74, 6) is 4.11. The molecule has 2 aliphatic heterocycles.